The fourth-order valence-electron chi connectivity index (χ4n) is 1.72. The van der Waals surface area contributed by atoms with E-state index in [4.69, 9.17) is 9.94 Å². The quantitative estimate of drug-likeness (QED) is 0.846. The zero-order valence-electron chi connectivity index (χ0n) is 8.96. The van der Waals surface area contributed by atoms with Crippen LogP contribution < -0.4 is 0 Å². The number of rotatable bonds is 3. The molecule has 2 atom stereocenters. The van der Waals surface area contributed by atoms with Gasteiger partial charge in [-0.3, -0.25) is 0 Å². The maximum absolute atomic E-state index is 10.7. The molecule has 0 radical (unpaired) electrons. The first kappa shape index (κ1) is 10.7. The van der Waals surface area contributed by atoms with Crippen molar-refractivity contribution < 1.29 is 14.7 Å². The van der Waals surface area contributed by atoms with Gasteiger partial charge >= 0.3 is 5.97 Å². The second-order valence-corrected chi connectivity index (χ2v) is 3.85. The Labute approximate surface area is 93.5 Å². The van der Waals surface area contributed by atoms with Gasteiger partial charge in [0.2, 0.25) is 6.10 Å². The molecule has 4 nitrogen and oxygen atoms in total. The van der Waals surface area contributed by atoms with Crippen molar-refractivity contribution in [2.45, 2.75) is 25.4 Å². The summed E-state index contributed by atoms with van der Waals surface area (Å²) in [6.45, 7) is 2.00. The van der Waals surface area contributed by atoms with E-state index in [1.807, 2.05) is 37.3 Å². The molecule has 1 heterocycles. The normalized spacial score (nSPS) is 21.1. The first-order chi connectivity index (χ1) is 7.68. The molecule has 84 valence electrons. The minimum Gasteiger partial charge on any atom is -0.478 e. The summed E-state index contributed by atoms with van der Waals surface area (Å²) < 4.78 is 0. The fourth-order valence-corrected chi connectivity index (χ4v) is 1.72. The number of nitrogens with zero attached hydrogens (tertiary/aromatic N) is 1. The minimum absolute atomic E-state index is 0.102. The lowest BCUT2D eigenvalue weighted by Crippen LogP contribution is -2.21. The summed E-state index contributed by atoms with van der Waals surface area (Å²) in [4.78, 5) is 15.6. The molecule has 1 aliphatic heterocycles. The van der Waals surface area contributed by atoms with Gasteiger partial charge in [-0.15, -0.1) is 0 Å². The lowest BCUT2D eigenvalue weighted by atomic mass is 9.93. The Morgan fingerprint density at radius 1 is 1.50 bits per heavy atom. The second kappa shape index (κ2) is 4.35. The summed E-state index contributed by atoms with van der Waals surface area (Å²) in [5, 5.41) is 12.6. The van der Waals surface area contributed by atoms with Gasteiger partial charge in [0.15, 0.2) is 0 Å². The molecule has 0 saturated heterocycles. The van der Waals surface area contributed by atoms with Gasteiger partial charge < -0.3 is 9.94 Å². The molecule has 1 aromatic carbocycles. The van der Waals surface area contributed by atoms with Crippen LogP contribution in [0.5, 0.6) is 0 Å². The van der Waals surface area contributed by atoms with Gasteiger partial charge in [0.25, 0.3) is 0 Å². The summed E-state index contributed by atoms with van der Waals surface area (Å²) >= 11 is 0. The molecule has 0 bridgehead atoms. The molecule has 1 N–H and O–H groups in total. The van der Waals surface area contributed by atoms with Crippen LogP contribution in [0.25, 0.3) is 0 Å². The van der Waals surface area contributed by atoms with Gasteiger partial charge in [-0.2, -0.15) is 0 Å². The molecule has 16 heavy (non-hydrogen) atoms. The van der Waals surface area contributed by atoms with Crippen molar-refractivity contribution in [1.29, 1.82) is 0 Å². The van der Waals surface area contributed by atoms with Gasteiger partial charge in [-0.1, -0.05) is 42.4 Å². The van der Waals surface area contributed by atoms with Crippen LogP contribution in [0.3, 0.4) is 0 Å². The largest absolute Gasteiger partial charge is 0.478 e. The van der Waals surface area contributed by atoms with Crippen LogP contribution in [0, 0.1) is 0 Å². The molecule has 2 unspecified atom stereocenters. The van der Waals surface area contributed by atoms with Crippen molar-refractivity contribution in [3.05, 3.63) is 35.9 Å². The Hall–Kier alpha value is -1.84. The van der Waals surface area contributed by atoms with Crippen LogP contribution in [0.1, 0.15) is 24.8 Å². The van der Waals surface area contributed by atoms with Gasteiger partial charge in [-0.05, 0) is 5.56 Å². The van der Waals surface area contributed by atoms with Crippen molar-refractivity contribution >= 4 is 11.7 Å². The maximum atomic E-state index is 10.7. The Kier molecular flexibility index (Phi) is 2.90. The third-order valence-electron chi connectivity index (χ3n) is 2.77. The molecule has 1 aromatic rings. The fraction of sp³-hybridized carbons (Fsp3) is 0.333. The Morgan fingerprint density at radius 3 is 2.75 bits per heavy atom. The predicted molar refractivity (Wildman–Crippen MR) is 59.4 cm³/mol. The van der Waals surface area contributed by atoms with E-state index in [1.54, 1.807) is 0 Å². The standard InChI is InChI=1S/C12H13NO3/c1-8(9-5-3-2-4-6-9)10-7-11(12(14)15)16-13-10/h2-6,8,11H,7H2,1H3,(H,14,15). The third kappa shape index (κ3) is 2.05. The zero-order chi connectivity index (χ0) is 11.5. The molecule has 0 saturated carbocycles. The SMILES string of the molecule is CC(C1=NOC(C(=O)O)C1)c1ccccc1. The van der Waals surface area contributed by atoms with Crippen LogP contribution in [-0.4, -0.2) is 22.9 Å². The molecule has 0 spiro atoms. The van der Waals surface area contributed by atoms with E-state index in [0.29, 0.717) is 6.42 Å². The number of carboxylic acid groups (broad SMARTS) is 1. The minimum atomic E-state index is -0.959. The highest BCUT2D eigenvalue weighted by Gasteiger charge is 2.30. The summed E-state index contributed by atoms with van der Waals surface area (Å²) in [6, 6.07) is 9.86. The van der Waals surface area contributed by atoms with Crippen molar-refractivity contribution in [3.63, 3.8) is 0 Å². The van der Waals surface area contributed by atoms with Crippen LogP contribution in [0.4, 0.5) is 0 Å². The smallest absolute Gasteiger partial charge is 0.348 e. The Bertz CT molecular complexity index is 414. The van der Waals surface area contributed by atoms with Gasteiger partial charge in [0.1, 0.15) is 0 Å². The van der Waals surface area contributed by atoms with E-state index < -0.39 is 12.1 Å². The van der Waals surface area contributed by atoms with E-state index >= 15 is 0 Å². The number of benzene rings is 1. The van der Waals surface area contributed by atoms with Crippen molar-refractivity contribution in [3.8, 4) is 0 Å². The molecule has 4 heteroatoms. The molecule has 0 aliphatic carbocycles. The van der Waals surface area contributed by atoms with Crippen molar-refractivity contribution in [2.24, 2.45) is 5.16 Å². The van der Waals surface area contributed by atoms with E-state index in [2.05, 4.69) is 5.16 Å². The van der Waals surface area contributed by atoms with Gasteiger partial charge in [0.05, 0.1) is 5.71 Å². The first-order valence-electron chi connectivity index (χ1n) is 5.19. The topological polar surface area (TPSA) is 58.9 Å². The highest BCUT2D eigenvalue weighted by molar-refractivity contribution is 5.95. The van der Waals surface area contributed by atoms with Gasteiger partial charge in [0, 0.05) is 12.3 Å². The molecule has 0 fully saturated rings. The lowest BCUT2D eigenvalue weighted by molar-refractivity contribution is -0.148. The highest BCUT2D eigenvalue weighted by Crippen LogP contribution is 2.24. The Balaban J connectivity index is 2.08. The predicted octanol–water partition coefficient (Wildman–Crippen LogP) is 2.02. The number of hydrogen-bond acceptors (Lipinski definition) is 3. The summed E-state index contributed by atoms with van der Waals surface area (Å²) in [5.41, 5.74) is 1.91. The molecular formula is C12H13NO3. The number of oxime groups is 1. The second-order valence-electron chi connectivity index (χ2n) is 3.85. The van der Waals surface area contributed by atoms with E-state index in [9.17, 15) is 4.79 Å². The zero-order valence-corrected chi connectivity index (χ0v) is 8.96. The van der Waals surface area contributed by atoms with Crippen LogP contribution in [0.2, 0.25) is 0 Å². The summed E-state index contributed by atoms with van der Waals surface area (Å²) in [7, 11) is 0. The van der Waals surface area contributed by atoms with Crippen molar-refractivity contribution in [1.82, 2.24) is 0 Å². The van der Waals surface area contributed by atoms with Gasteiger partial charge in [-0.25, -0.2) is 4.79 Å². The molecule has 2 rings (SSSR count). The molecule has 0 amide bonds. The Morgan fingerprint density at radius 2 is 2.19 bits per heavy atom. The monoisotopic (exact) mass is 219 g/mol. The average Bonchev–Trinajstić information content (AvgIpc) is 2.78. The highest BCUT2D eigenvalue weighted by atomic mass is 16.7. The maximum Gasteiger partial charge on any atom is 0.348 e. The number of hydrogen-bond donors (Lipinski definition) is 1. The average molecular weight is 219 g/mol. The number of carbonyl (C=O) groups is 1. The first-order valence-corrected chi connectivity index (χ1v) is 5.19. The molecule has 1 aliphatic rings. The third-order valence-corrected chi connectivity index (χ3v) is 2.77. The number of carboxylic acids is 1. The van der Waals surface area contributed by atoms with Crippen LogP contribution in [0.15, 0.2) is 35.5 Å². The van der Waals surface area contributed by atoms with E-state index in [0.717, 1.165) is 11.3 Å². The summed E-state index contributed by atoms with van der Waals surface area (Å²) in [6.07, 6.45) is -0.452. The molecule has 0 aromatic heterocycles. The number of aliphatic carboxylic acids is 1. The molecular weight excluding hydrogens is 206 g/mol. The van der Waals surface area contributed by atoms with Crippen molar-refractivity contribution in [2.75, 3.05) is 0 Å². The van der Waals surface area contributed by atoms with Crippen LogP contribution >= 0.6 is 0 Å². The van der Waals surface area contributed by atoms with Crippen LogP contribution in [-0.2, 0) is 9.63 Å². The lowest BCUT2D eigenvalue weighted by Gasteiger charge is -2.09. The van der Waals surface area contributed by atoms with E-state index in [-0.39, 0.29) is 5.92 Å². The van der Waals surface area contributed by atoms with E-state index in [1.165, 1.54) is 0 Å². The summed E-state index contributed by atoms with van der Waals surface area (Å²) in [5.74, 6) is -0.857.